The van der Waals surface area contributed by atoms with Crippen LogP contribution in [0.15, 0.2) is 48.5 Å². The van der Waals surface area contributed by atoms with Gasteiger partial charge in [-0.3, -0.25) is 0 Å². The Morgan fingerprint density at radius 2 is 1.48 bits per heavy atom. The molecule has 2 nitrogen and oxygen atoms in total. The average Bonchev–Trinajstić information content (AvgIpc) is 2.54. The summed E-state index contributed by atoms with van der Waals surface area (Å²) >= 11 is 0. The highest BCUT2D eigenvalue weighted by molar-refractivity contribution is 5.32. The Balaban J connectivity index is 2.07. The third-order valence-corrected chi connectivity index (χ3v) is 4.37. The van der Waals surface area contributed by atoms with Crippen LogP contribution < -0.4 is 10.1 Å². The van der Waals surface area contributed by atoms with Crippen molar-refractivity contribution in [1.29, 1.82) is 0 Å². The summed E-state index contributed by atoms with van der Waals surface area (Å²) in [6, 6.07) is 17.7. The average molecular weight is 311 g/mol. The molecule has 2 aromatic carbocycles. The molecule has 0 bridgehead atoms. The molecular weight excluding hydrogens is 282 g/mol. The lowest BCUT2D eigenvalue weighted by atomic mass is 9.86. The number of hydrogen-bond acceptors (Lipinski definition) is 2. The van der Waals surface area contributed by atoms with E-state index in [0.717, 1.165) is 5.75 Å². The lowest BCUT2D eigenvalue weighted by Crippen LogP contribution is -2.22. The van der Waals surface area contributed by atoms with Crippen LogP contribution in [0, 0.1) is 0 Å². The Bertz CT molecular complexity index is 625. The van der Waals surface area contributed by atoms with Crippen molar-refractivity contribution >= 4 is 0 Å². The van der Waals surface area contributed by atoms with Gasteiger partial charge in [-0.1, -0.05) is 57.2 Å². The summed E-state index contributed by atoms with van der Waals surface area (Å²) in [4.78, 5) is 0. The van der Waals surface area contributed by atoms with E-state index >= 15 is 0 Å². The van der Waals surface area contributed by atoms with Crippen LogP contribution in [0.4, 0.5) is 0 Å². The molecular formula is C21H29NO. The van der Waals surface area contributed by atoms with Crippen LogP contribution in [0.2, 0.25) is 0 Å². The van der Waals surface area contributed by atoms with Crippen LogP contribution in [0.1, 0.15) is 63.4 Å². The zero-order valence-electron chi connectivity index (χ0n) is 15.2. The van der Waals surface area contributed by atoms with Crippen LogP contribution in [-0.4, -0.2) is 7.11 Å². The van der Waals surface area contributed by atoms with E-state index in [1.54, 1.807) is 7.11 Å². The Hall–Kier alpha value is -1.80. The van der Waals surface area contributed by atoms with E-state index < -0.39 is 0 Å². The Kier molecular flexibility index (Phi) is 5.48. The van der Waals surface area contributed by atoms with Crippen molar-refractivity contribution < 1.29 is 4.74 Å². The van der Waals surface area contributed by atoms with Gasteiger partial charge in [0, 0.05) is 12.1 Å². The van der Waals surface area contributed by atoms with E-state index in [1.807, 2.05) is 12.1 Å². The molecule has 2 aromatic rings. The van der Waals surface area contributed by atoms with Gasteiger partial charge >= 0.3 is 0 Å². The maximum atomic E-state index is 5.31. The van der Waals surface area contributed by atoms with Crippen molar-refractivity contribution in [2.45, 2.75) is 52.1 Å². The molecule has 2 atom stereocenters. The van der Waals surface area contributed by atoms with Crippen LogP contribution in [0.5, 0.6) is 5.75 Å². The van der Waals surface area contributed by atoms with Gasteiger partial charge in [-0.25, -0.2) is 0 Å². The normalized spacial score (nSPS) is 14.3. The van der Waals surface area contributed by atoms with Gasteiger partial charge in [0.1, 0.15) is 5.75 Å². The first-order valence-electron chi connectivity index (χ1n) is 8.31. The van der Waals surface area contributed by atoms with E-state index in [4.69, 9.17) is 4.74 Å². The van der Waals surface area contributed by atoms with Crippen molar-refractivity contribution in [1.82, 2.24) is 5.32 Å². The molecule has 124 valence electrons. The highest BCUT2D eigenvalue weighted by Gasteiger charge is 2.15. The summed E-state index contributed by atoms with van der Waals surface area (Å²) in [7, 11) is 1.70. The van der Waals surface area contributed by atoms with E-state index in [9.17, 15) is 0 Å². The lowest BCUT2D eigenvalue weighted by molar-refractivity contribution is 0.412. The van der Waals surface area contributed by atoms with Gasteiger partial charge in [0.15, 0.2) is 0 Å². The molecule has 0 aromatic heterocycles. The fraction of sp³-hybridized carbons (Fsp3) is 0.429. The highest BCUT2D eigenvalue weighted by Crippen LogP contribution is 2.26. The smallest absolute Gasteiger partial charge is 0.119 e. The van der Waals surface area contributed by atoms with Crippen LogP contribution in [-0.2, 0) is 5.41 Å². The molecule has 0 radical (unpaired) electrons. The predicted octanol–water partition coefficient (Wildman–Crippen LogP) is 5.40. The van der Waals surface area contributed by atoms with Crippen molar-refractivity contribution in [2.24, 2.45) is 0 Å². The summed E-state index contributed by atoms with van der Waals surface area (Å²) in [6.07, 6.45) is 0. The second-order valence-corrected chi connectivity index (χ2v) is 7.26. The van der Waals surface area contributed by atoms with Crippen LogP contribution in [0.3, 0.4) is 0 Å². The Morgan fingerprint density at radius 1 is 0.870 bits per heavy atom. The molecule has 2 unspecified atom stereocenters. The third kappa shape index (κ3) is 4.59. The second kappa shape index (κ2) is 7.18. The number of ether oxygens (including phenoxy) is 1. The molecule has 0 spiro atoms. The molecule has 0 amide bonds. The minimum absolute atomic E-state index is 0.198. The van der Waals surface area contributed by atoms with E-state index in [2.05, 4.69) is 76.3 Å². The number of rotatable bonds is 5. The molecule has 0 aliphatic rings. The summed E-state index contributed by atoms with van der Waals surface area (Å²) in [6.45, 7) is 11.1. The molecule has 0 aliphatic heterocycles. The maximum absolute atomic E-state index is 5.31. The van der Waals surface area contributed by atoms with E-state index in [0.29, 0.717) is 6.04 Å². The number of methoxy groups -OCH3 is 1. The zero-order valence-corrected chi connectivity index (χ0v) is 15.2. The molecule has 23 heavy (non-hydrogen) atoms. The van der Waals surface area contributed by atoms with Crippen molar-refractivity contribution in [3.05, 3.63) is 65.2 Å². The molecule has 0 heterocycles. The van der Waals surface area contributed by atoms with Crippen LogP contribution in [0.25, 0.3) is 0 Å². The summed E-state index contributed by atoms with van der Waals surface area (Å²) < 4.78 is 5.31. The highest BCUT2D eigenvalue weighted by atomic mass is 16.5. The quantitative estimate of drug-likeness (QED) is 0.797. The van der Waals surface area contributed by atoms with E-state index in [-0.39, 0.29) is 11.5 Å². The van der Waals surface area contributed by atoms with Gasteiger partial charge in [0.2, 0.25) is 0 Å². The molecule has 1 N–H and O–H groups in total. The molecule has 0 aliphatic carbocycles. The molecule has 0 saturated carbocycles. The zero-order chi connectivity index (χ0) is 17.0. The first-order chi connectivity index (χ1) is 10.8. The lowest BCUT2D eigenvalue weighted by Gasteiger charge is -2.23. The van der Waals surface area contributed by atoms with Crippen molar-refractivity contribution in [3.8, 4) is 5.75 Å². The first kappa shape index (κ1) is 17.6. The van der Waals surface area contributed by atoms with Gasteiger partial charge in [-0.15, -0.1) is 0 Å². The summed E-state index contributed by atoms with van der Waals surface area (Å²) in [5.41, 5.74) is 4.12. The van der Waals surface area contributed by atoms with Crippen molar-refractivity contribution in [2.75, 3.05) is 7.11 Å². The van der Waals surface area contributed by atoms with Gasteiger partial charge in [0.05, 0.1) is 7.11 Å². The summed E-state index contributed by atoms with van der Waals surface area (Å²) in [5, 5.41) is 3.67. The molecule has 0 fully saturated rings. The predicted molar refractivity (Wildman–Crippen MR) is 98.1 cm³/mol. The van der Waals surface area contributed by atoms with Gasteiger partial charge in [0.25, 0.3) is 0 Å². The van der Waals surface area contributed by atoms with Gasteiger partial charge in [-0.05, 0) is 48.1 Å². The minimum Gasteiger partial charge on any atom is -0.497 e. The largest absolute Gasteiger partial charge is 0.497 e. The van der Waals surface area contributed by atoms with Crippen LogP contribution >= 0.6 is 0 Å². The van der Waals surface area contributed by atoms with Crippen molar-refractivity contribution in [3.63, 3.8) is 0 Å². The number of hydrogen-bond donors (Lipinski definition) is 1. The molecule has 2 rings (SSSR count). The maximum Gasteiger partial charge on any atom is 0.119 e. The fourth-order valence-corrected chi connectivity index (χ4v) is 2.75. The minimum atomic E-state index is 0.198. The Labute approximate surface area is 140 Å². The summed E-state index contributed by atoms with van der Waals surface area (Å²) in [5.74, 6) is 0.901. The van der Waals surface area contributed by atoms with E-state index in [1.165, 1.54) is 16.7 Å². The monoisotopic (exact) mass is 311 g/mol. The fourth-order valence-electron chi connectivity index (χ4n) is 2.75. The van der Waals surface area contributed by atoms with Gasteiger partial charge < -0.3 is 10.1 Å². The molecule has 2 heteroatoms. The first-order valence-corrected chi connectivity index (χ1v) is 8.31. The Morgan fingerprint density at radius 3 is 2.04 bits per heavy atom. The number of nitrogens with one attached hydrogen (secondary N) is 1. The number of benzene rings is 2. The van der Waals surface area contributed by atoms with Gasteiger partial charge in [-0.2, -0.15) is 0 Å². The molecule has 0 saturated heterocycles. The standard InChI is InChI=1S/C21H29NO/c1-15(17-10-12-19(13-11-17)21(3,4)5)22-16(2)18-8-7-9-20(14-18)23-6/h7-16,22H,1-6H3. The third-order valence-electron chi connectivity index (χ3n) is 4.37. The topological polar surface area (TPSA) is 21.3 Å². The second-order valence-electron chi connectivity index (χ2n) is 7.26. The SMILES string of the molecule is COc1cccc(C(C)NC(C)c2ccc(C(C)(C)C)cc2)c1.